The van der Waals surface area contributed by atoms with Gasteiger partial charge in [-0.1, -0.05) is 96.8 Å². The van der Waals surface area contributed by atoms with E-state index in [1.807, 2.05) is 0 Å². The lowest BCUT2D eigenvalue weighted by Crippen LogP contribution is -2.35. The maximum atomic E-state index is 9.34. The number of aliphatic carboxylic acids is 1. The van der Waals surface area contributed by atoms with Crippen LogP contribution in [0.15, 0.2) is 0 Å². The monoisotopic (exact) mass is 401 g/mol. The van der Waals surface area contributed by atoms with Gasteiger partial charge in [0, 0.05) is 0 Å². The van der Waals surface area contributed by atoms with Gasteiger partial charge in [0.25, 0.3) is 0 Å². The van der Waals surface area contributed by atoms with Gasteiger partial charge in [0.1, 0.15) is 0 Å². The molecule has 1 atom stereocenters. The summed E-state index contributed by atoms with van der Waals surface area (Å²) >= 11 is 0. The Morgan fingerprint density at radius 2 is 0.964 bits per heavy atom. The summed E-state index contributed by atoms with van der Waals surface area (Å²) in [5, 5.41) is 17.3. The predicted octanol–water partition coefficient (Wildman–Crippen LogP) is 5.07. The Hall–Kier alpha value is -0.610. The SMILES string of the molecule is CC(O)C(=O)[O-].CCCCCCCCCCCCCCCCCC[N+](C)(C)C. The molecule has 1 unspecified atom stereocenters. The van der Waals surface area contributed by atoms with Crippen molar-refractivity contribution in [2.75, 3.05) is 27.7 Å². The fraction of sp³-hybridized carbons (Fsp3) is 0.958. The third kappa shape index (κ3) is 30.1. The standard InChI is InChI=1S/C21H46N.C3H6O3/c1-5-6-7-8-9-10-11-12-13-14-15-16-17-18-19-20-21-22(2,3)4;1-2(4)3(5)6/h5-21H2,1-4H3;2,4H,1H3,(H,5,6)/q+1;/p-1. The second kappa shape index (κ2) is 21.1. The van der Waals surface area contributed by atoms with Crippen LogP contribution in [0.25, 0.3) is 0 Å². The maximum Gasteiger partial charge on any atom is 0.0905 e. The van der Waals surface area contributed by atoms with Gasteiger partial charge in [-0.25, -0.2) is 0 Å². The number of carbonyl (C=O) groups is 1. The second-order valence-electron chi connectivity index (χ2n) is 9.31. The molecule has 0 bridgehead atoms. The van der Waals surface area contributed by atoms with Crippen LogP contribution in [0.1, 0.15) is 117 Å². The summed E-state index contributed by atoms with van der Waals surface area (Å²) in [4.78, 5) is 9.34. The summed E-state index contributed by atoms with van der Waals surface area (Å²) in [6.45, 7) is 4.76. The molecule has 0 aromatic carbocycles. The first-order valence-electron chi connectivity index (χ1n) is 11.9. The molecule has 0 saturated heterocycles. The van der Waals surface area contributed by atoms with Crippen molar-refractivity contribution in [1.82, 2.24) is 0 Å². The summed E-state index contributed by atoms with van der Waals surface area (Å²) in [5.74, 6) is -1.44. The molecular weight excluding hydrogens is 350 g/mol. The van der Waals surface area contributed by atoms with Crippen molar-refractivity contribution in [3.05, 3.63) is 0 Å². The topological polar surface area (TPSA) is 60.4 Å². The molecule has 0 radical (unpaired) electrons. The molecule has 0 saturated carbocycles. The molecule has 0 aliphatic heterocycles. The van der Waals surface area contributed by atoms with E-state index in [0.29, 0.717) is 0 Å². The van der Waals surface area contributed by atoms with Gasteiger partial charge >= 0.3 is 0 Å². The third-order valence-corrected chi connectivity index (χ3v) is 5.02. The number of carboxylic acids is 1. The van der Waals surface area contributed by atoms with Gasteiger partial charge < -0.3 is 19.5 Å². The number of unbranched alkanes of at least 4 members (excludes halogenated alkanes) is 15. The Morgan fingerprint density at radius 1 is 0.714 bits per heavy atom. The molecule has 28 heavy (non-hydrogen) atoms. The van der Waals surface area contributed by atoms with Crippen molar-refractivity contribution in [2.24, 2.45) is 0 Å². The zero-order valence-corrected chi connectivity index (χ0v) is 19.8. The number of carboxylic acid groups (broad SMARTS) is 1. The Labute approximate surface area is 176 Å². The van der Waals surface area contributed by atoms with Crippen molar-refractivity contribution < 1.29 is 19.5 Å². The number of hydrogen-bond acceptors (Lipinski definition) is 3. The van der Waals surface area contributed by atoms with Crippen LogP contribution in [-0.4, -0.2) is 49.4 Å². The summed E-state index contributed by atoms with van der Waals surface area (Å²) in [6.07, 6.45) is 22.0. The molecule has 0 aromatic rings. The molecule has 170 valence electrons. The summed E-state index contributed by atoms with van der Waals surface area (Å²) in [5.41, 5.74) is 0. The number of quaternary nitrogens is 1. The highest BCUT2D eigenvalue weighted by Gasteiger charge is 2.04. The van der Waals surface area contributed by atoms with E-state index < -0.39 is 12.1 Å². The van der Waals surface area contributed by atoms with Gasteiger partial charge in [-0.3, -0.25) is 0 Å². The number of nitrogens with zero attached hydrogens (tertiary/aromatic N) is 1. The average molecular weight is 402 g/mol. The highest BCUT2D eigenvalue weighted by molar-refractivity contribution is 5.68. The Balaban J connectivity index is 0. The average Bonchev–Trinajstić information content (AvgIpc) is 2.61. The molecule has 0 aliphatic rings. The van der Waals surface area contributed by atoms with Crippen LogP contribution in [0.4, 0.5) is 0 Å². The van der Waals surface area contributed by atoms with Crippen LogP contribution < -0.4 is 5.11 Å². The molecule has 1 N–H and O–H groups in total. The van der Waals surface area contributed by atoms with E-state index in [1.54, 1.807) is 0 Å². The van der Waals surface area contributed by atoms with Gasteiger partial charge in [0.05, 0.1) is 39.8 Å². The normalized spacial score (nSPS) is 12.4. The number of aliphatic hydroxyl groups excluding tert-OH is 1. The summed E-state index contributed by atoms with van der Waals surface area (Å²) < 4.78 is 1.12. The van der Waals surface area contributed by atoms with Crippen LogP contribution in [0, 0.1) is 0 Å². The number of hydrogen-bond donors (Lipinski definition) is 1. The minimum atomic E-state index is -1.44. The Morgan fingerprint density at radius 3 is 1.18 bits per heavy atom. The molecule has 4 nitrogen and oxygen atoms in total. The second-order valence-corrected chi connectivity index (χ2v) is 9.31. The molecule has 0 heterocycles. The largest absolute Gasteiger partial charge is 0.547 e. The van der Waals surface area contributed by atoms with Gasteiger partial charge in [-0.2, -0.15) is 0 Å². The highest BCUT2D eigenvalue weighted by atomic mass is 16.4. The molecule has 4 heteroatoms. The zero-order chi connectivity index (χ0) is 21.7. The van der Waals surface area contributed by atoms with E-state index in [4.69, 9.17) is 5.11 Å². The summed E-state index contributed by atoms with van der Waals surface area (Å²) in [6, 6.07) is 0. The van der Waals surface area contributed by atoms with E-state index in [1.165, 1.54) is 109 Å². The molecule has 0 rings (SSSR count). The quantitative estimate of drug-likeness (QED) is 0.258. The lowest BCUT2D eigenvalue weighted by Gasteiger charge is -2.23. The van der Waals surface area contributed by atoms with Gasteiger partial charge in [-0.05, 0) is 19.8 Å². The lowest BCUT2D eigenvalue weighted by molar-refractivity contribution is -0.870. The summed E-state index contributed by atoms with van der Waals surface area (Å²) in [7, 11) is 6.89. The van der Waals surface area contributed by atoms with E-state index in [0.717, 1.165) is 11.4 Å². The van der Waals surface area contributed by atoms with Crippen LogP contribution >= 0.6 is 0 Å². The number of aliphatic hydroxyl groups is 1. The predicted molar refractivity (Wildman–Crippen MR) is 119 cm³/mol. The molecule has 0 aromatic heterocycles. The minimum Gasteiger partial charge on any atom is -0.547 e. The van der Waals surface area contributed by atoms with Gasteiger partial charge in [-0.15, -0.1) is 0 Å². The first-order valence-corrected chi connectivity index (χ1v) is 11.9. The van der Waals surface area contributed by atoms with E-state index in [2.05, 4.69) is 28.1 Å². The molecule has 0 spiro atoms. The Bertz CT molecular complexity index is 324. The smallest absolute Gasteiger partial charge is 0.0905 e. The fourth-order valence-electron chi connectivity index (χ4n) is 3.13. The Kier molecular flexibility index (Phi) is 22.3. The lowest BCUT2D eigenvalue weighted by atomic mass is 10.0. The highest BCUT2D eigenvalue weighted by Crippen LogP contribution is 2.13. The number of carbonyl (C=O) groups excluding carboxylic acids is 1. The molecular formula is C24H51NO3. The zero-order valence-electron chi connectivity index (χ0n) is 19.8. The van der Waals surface area contributed by atoms with Crippen LogP contribution in [0.2, 0.25) is 0 Å². The van der Waals surface area contributed by atoms with E-state index >= 15 is 0 Å². The maximum absolute atomic E-state index is 9.34. The van der Waals surface area contributed by atoms with Crippen molar-refractivity contribution in [1.29, 1.82) is 0 Å². The van der Waals surface area contributed by atoms with Crippen LogP contribution in [-0.2, 0) is 4.79 Å². The van der Waals surface area contributed by atoms with E-state index in [9.17, 15) is 9.90 Å². The van der Waals surface area contributed by atoms with Gasteiger partial charge in [0.2, 0.25) is 0 Å². The van der Waals surface area contributed by atoms with E-state index in [-0.39, 0.29) is 0 Å². The van der Waals surface area contributed by atoms with Crippen molar-refractivity contribution in [3.8, 4) is 0 Å². The first-order chi connectivity index (χ1) is 13.2. The number of rotatable bonds is 18. The van der Waals surface area contributed by atoms with Gasteiger partial charge in [0.15, 0.2) is 0 Å². The minimum absolute atomic E-state index is 1.12. The molecule has 0 aliphatic carbocycles. The fourth-order valence-corrected chi connectivity index (χ4v) is 3.13. The third-order valence-electron chi connectivity index (χ3n) is 5.02. The van der Waals surface area contributed by atoms with Crippen molar-refractivity contribution in [3.63, 3.8) is 0 Å². The van der Waals surface area contributed by atoms with Crippen molar-refractivity contribution in [2.45, 2.75) is 123 Å². The molecule has 0 amide bonds. The molecule has 0 fully saturated rings. The first kappa shape index (κ1) is 29.6. The van der Waals surface area contributed by atoms with Crippen molar-refractivity contribution >= 4 is 5.97 Å². The van der Waals surface area contributed by atoms with Crippen LogP contribution in [0.5, 0.6) is 0 Å². The van der Waals surface area contributed by atoms with Crippen LogP contribution in [0.3, 0.4) is 0 Å².